The Morgan fingerprint density at radius 1 is 0.955 bits per heavy atom. The molecule has 1 atom stereocenters. The molecule has 0 spiro atoms. The summed E-state index contributed by atoms with van der Waals surface area (Å²) in [5, 5.41) is 0. The molecular weight excluding hydrogens is 270 g/mol. The summed E-state index contributed by atoms with van der Waals surface area (Å²) in [6, 6.07) is 18.5. The van der Waals surface area contributed by atoms with Crippen molar-refractivity contribution in [3.8, 4) is 17.6 Å². The molecule has 114 valence electrons. The number of benzene rings is 2. The molecule has 2 heteroatoms. The maximum absolute atomic E-state index is 5.18. The van der Waals surface area contributed by atoms with Gasteiger partial charge in [-0.2, -0.15) is 0 Å². The van der Waals surface area contributed by atoms with Gasteiger partial charge >= 0.3 is 0 Å². The number of ether oxygens (including phenoxy) is 1. The van der Waals surface area contributed by atoms with Gasteiger partial charge in [0, 0.05) is 5.56 Å². The van der Waals surface area contributed by atoms with E-state index in [0.717, 1.165) is 24.4 Å². The van der Waals surface area contributed by atoms with Crippen molar-refractivity contribution in [3.05, 3.63) is 65.7 Å². The average Bonchev–Trinajstić information content (AvgIpc) is 2.60. The first-order valence-electron chi connectivity index (χ1n) is 7.73. The molecule has 1 unspecified atom stereocenters. The van der Waals surface area contributed by atoms with Gasteiger partial charge in [0.1, 0.15) is 5.75 Å². The Bertz CT molecular complexity index is 618. The quantitative estimate of drug-likeness (QED) is 0.769. The predicted octanol–water partition coefficient (Wildman–Crippen LogP) is 4.13. The highest BCUT2D eigenvalue weighted by Gasteiger charge is 2.14. The van der Waals surface area contributed by atoms with Gasteiger partial charge in [0.25, 0.3) is 0 Å². The third-order valence-electron chi connectivity index (χ3n) is 3.74. The van der Waals surface area contributed by atoms with Gasteiger partial charge in [0.05, 0.1) is 13.2 Å². The van der Waals surface area contributed by atoms with E-state index in [0.29, 0.717) is 0 Å². The van der Waals surface area contributed by atoms with Crippen LogP contribution in [0.5, 0.6) is 5.75 Å². The third kappa shape index (κ3) is 4.13. The van der Waals surface area contributed by atoms with Crippen molar-refractivity contribution in [2.24, 2.45) is 0 Å². The first-order valence-corrected chi connectivity index (χ1v) is 7.73. The zero-order chi connectivity index (χ0) is 15.8. The van der Waals surface area contributed by atoms with E-state index in [1.54, 1.807) is 7.11 Å². The lowest BCUT2D eigenvalue weighted by Gasteiger charge is -2.25. The molecule has 0 N–H and O–H groups in total. The maximum Gasteiger partial charge on any atom is 0.118 e. The predicted molar refractivity (Wildman–Crippen MR) is 92.0 cm³/mol. The Morgan fingerprint density at radius 2 is 1.59 bits per heavy atom. The van der Waals surface area contributed by atoms with E-state index < -0.39 is 0 Å². The maximum atomic E-state index is 5.18. The van der Waals surface area contributed by atoms with Crippen LogP contribution in [0, 0.1) is 11.8 Å². The normalized spacial score (nSPS) is 11.6. The van der Waals surface area contributed by atoms with Gasteiger partial charge in [-0.3, -0.25) is 4.90 Å². The van der Waals surface area contributed by atoms with Crippen LogP contribution in [0.2, 0.25) is 0 Å². The summed E-state index contributed by atoms with van der Waals surface area (Å²) in [5.74, 6) is 7.58. The van der Waals surface area contributed by atoms with Crippen LogP contribution >= 0.6 is 0 Å². The molecule has 22 heavy (non-hydrogen) atoms. The van der Waals surface area contributed by atoms with Gasteiger partial charge in [-0.1, -0.05) is 56.0 Å². The minimum Gasteiger partial charge on any atom is -0.497 e. The second-order valence-corrected chi connectivity index (χ2v) is 5.03. The Labute approximate surface area is 133 Å². The summed E-state index contributed by atoms with van der Waals surface area (Å²) >= 11 is 0. The summed E-state index contributed by atoms with van der Waals surface area (Å²) in [6.07, 6.45) is 0. The molecular formula is C20H23NO. The fraction of sp³-hybridized carbons (Fsp3) is 0.300. The van der Waals surface area contributed by atoms with Crippen LogP contribution in [0.1, 0.15) is 31.0 Å². The van der Waals surface area contributed by atoms with Gasteiger partial charge in [0.2, 0.25) is 0 Å². The van der Waals surface area contributed by atoms with E-state index in [2.05, 4.69) is 54.9 Å². The molecule has 0 bridgehead atoms. The lowest BCUT2D eigenvalue weighted by molar-refractivity contribution is 0.264. The zero-order valence-electron chi connectivity index (χ0n) is 13.5. The highest BCUT2D eigenvalue weighted by Crippen LogP contribution is 2.19. The van der Waals surface area contributed by atoms with Gasteiger partial charge in [0.15, 0.2) is 0 Å². The Hall–Kier alpha value is -2.24. The van der Waals surface area contributed by atoms with Crippen LogP contribution < -0.4 is 4.74 Å². The highest BCUT2D eigenvalue weighted by molar-refractivity contribution is 5.40. The molecule has 2 aromatic rings. The minimum atomic E-state index is 0.123. The number of methoxy groups -OCH3 is 1. The molecule has 0 aliphatic carbocycles. The molecule has 0 saturated heterocycles. The highest BCUT2D eigenvalue weighted by atomic mass is 16.5. The van der Waals surface area contributed by atoms with E-state index in [4.69, 9.17) is 4.74 Å². The SMILES string of the molecule is CCN(CC)C(C#Cc1ccc(OC)cc1)c1ccccc1. The van der Waals surface area contributed by atoms with Crippen LogP contribution in [0.4, 0.5) is 0 Å². The number of hydrogen-bond acceptors (Lipinski definition) is 2. The standard InChI is InChI=1S/C20H23NO/c1-4-21(5-2)20(18-9-7-6-8-10-18)16-13-17-11-14-19(22-3)15-12-17/h6-12,14-15,20H,4-5H2,1-3H3. The van der Waals surface area contributed by atoms with E-state index in [1.807, 2.05) is 30.3 Å². The van der Waals surface area contributed by atoms with E-state index in [1.165, 1.54) is 5.56 Å². The van der Waals surface area contributed by atoms with Crippen LogP contribution in [0.3, 0.4) is 0 Å². The average molecular weight is 293 g/mol. The van der Waals surface area contributed by atoms with E-state index >= 15 is 0 Å². The summed E-state index contributed by atoms with van der Waals surface area (Å²) in [5.41, 5.74) is 2.25. The topological polar surface area (TPSA) is 12.5 Å². The minimum absolute atomic E-state index is 0.123. The molecule has 0 aliphatic heterocycles. The number of rotatable bonds is 5. The molecule has 2 nitrogen and oxygen atoms in total. The monoisotopic (exact) mass is 293 g/mol. The van der Waals surface area contributed by atoms with E-state index in [9.17, 15) is 0 Å². The summed E-state index contributed by atoms with van der Waals surface area (Å²) in [4.78, 5) is 2.37. The molecule has 2 aromatic carbocycles. The molecule has 0 heterocycles. The van der Waals surface area contributed by atoms with Crippen molar-refractivity contribution in [2.45, 2.75) is 19.9 Å². The fourth-order valence-electron chi connectivity index (χ4n) is 2.44. The van der Waals surface area contributed by atoms with Gasteiger partial charge in [-0.25, -0.2) is 0 Å². The lowest BCUT2D eigenvalue weighted by Crippen LogP contribution is -2.27. The number of nitrogens with zero attached hydrogens (tertiary/aromatic N) is 1. The zero-order valence-corrected chi connectivity index (χ0v) is 13.5. The molecule has 0 fully saturated rings. The number of hydrogen-bond donors (Lipinski definition) is 0. The fourth-order valence-corrected chi connectivity index (χ4v) is 2.44. The van der Waals surface area contributed by atoms with Crippen molar-refractivity contribution in [3.63, 3.8) is 0 Å². The van der Waals surface area contributed by atoms with Crippen LogP contribution in [0.25, 0.3) is 0 Å². The van der Waals surface area contributed by atoms with Crippen molar-refractivity contribution in [1.29, 1.82) is 0 Å². The first-order chi connectivity index (χ1) is 10.8. The van der Waals surface area contributed by atoms with Crippen LogP contribution in [-0.2, 0) is 0 Å². The van der Waals surface area contributed by atoms with E-state index in [-0.39, 0.29) is 6.04 Å². The molecule has 0 aliphatic rings. The van der Waals surface area contributed by atoms with Gasteiger partial charge < -0.3 is 4.74 Å². The molecule has 0 radical (unpaired) electrons. The van der Waals surface area contributed by atoms with Gasteiger partial charge in [-0.05, 0) is 42.9 Å². The summed E-state index contributed by atoms with van der Waals surface area (Å²) in [7, 11) is 1.67. The Morgan fingerprint density at radius 3 is 2.14 bits per heavy atom. The smallest absolute Gasteiger partial charge is 0.118 e. The van der Waals surface area contributed by atoms with Gasteiger partial charge in [-0.15, -0.1) is 0 Å². The van der Waals surface area contributed by atoms with Crippen molar-refractivity contribution < 1.29 is 4.74 Å². The second kappa shape index (κ2) is 8.26. The first kappa shape index (κ1) is 16.1. The third-order valence-corrected chi connectivity index (χ3v) is 3.74. The largest absolute Gasteiger partial charge is 0.497 e. The second-order valence-electron chi connectivity index (χ2n) is 5.03. The van der Waals surface area contributed by atoms with Crippen LogP contribution in [0.15, 0.2) is 54.6 Å². The Kier molecular flexibility index (Phi) is 6.06. The molecule has 2 rings (SSSR count). The van der Waals surface area contributed by atoms with Crippen molar-refractivity contribution >= 4 is 0 Å². The lowest BCUT2D eigenvalue weighted by atomic mass is 10.0. The molecule has 0 aromatic heterocycles. The van der Waals surface area contributed by atoms with Crippen molar-refractivity contribution in [2.75, 3.05) is 20.2 Å². The Balaban J connectivity index is 2.28. The molecule has 0 amide bonds. The van der Waals surface area contributed by atoms with Crippen molar-refractivity contribution in [1.82, 2.24) is 4.90 Å². The molecule has 0 saturated carbocycles. The summed E-state index contributed by atoms with van der Waals surface area (Å²) < 4.78 is 5.18. The summed E-state index contributed by atoms with van der Waals surface area (Å²) in [6.45, 7) is 6.31. The van der Waals surface area contributed by atoms with Crippen LogP contribution in [-0.4, -0.2) is 25.1 Å².